The Morgan fingerprint density at radius 3 is 2.63 bits per heavy atom. The van der Waals surface area contributed by atoms with Gasteiger partial charge < -0.3 is 10.4 Å². The lowest BCUT2D eigenvalue weighted by atomic mass is 9.82. The van der Waals surface area contributed by atoms with Crippen molar-refractivity contribution in [2.24, 2.45) is 0 Å². The van der Waals surface area contributed by atoms with Crippen LogP contribution in [-0.4, -0.2) is 27.0 Å². The summed E-state index contributed by atoms with van der Waals surface area (Å²) in [7, 11) is 0. The first-order valence-electron chi connectivity index (χ1n) is 7.64. The Morgan fingerprint density at radius 2 is 2.05 bits per heavy atom. The minimum atomic E-state index is -0.0620. The number of nitrogens with zero attached hydrogens (tertiary/aromatic N) is 2. The van der Waals surface area contributed by atoms with Crippen LogP contribution in [0, 0.1) is 0 Å². The zero-order valence-electron chi connectivity index (χ0n) is 12.3. The Morgan fingerprint density at radius 1 is 1.32 bits per heavy atom. The molecule has 0 aromatic carbocycles. The van der Waals surface area contributed by atoms with E-state index >= 15 is 0 Å². The quantitative estimate of drug-likeness (QED) is 0.829. The molecular formula is C15H27N3O. The molecule has 0 spiro atoms. The summed E-state index contributed by atoms with van der Waals surface area (Å²) in [6.45, 7) is 6.21. The number of hydrogen-bond donors (Lipinski definition) is 2. The summed E-state index contributed by atoms with van der Waals surface area (Å²) < 4.78 is 2.07. The topological polar surface area (TPSA) is 50.1 Å². The van der Waals surface area contributed by atoms with Gasteiger partial charge in [0.05, 0.1) is 18.0 Å². The number of hydrogen-bond acceptors (Lipinski definition) is 3. The average Bonchev–Trinajstić information content (AvgIpc) is 2.88. The van der Waals surface area contributed by atoms with Crippen molar-refractivity contribution < 1.29 is 5.11 Å². The molecule has 2 rings (SSSR count). The van der Waals surface area contributed by atoms with Crippen molar-refractivity contribution in [1.29, 1.82) is 0 Å². The lowest BCUT2D eigenvalue weighted by Gasteiger charge is -2.36. The van der Waals surface area contributed by atoms with Crippen molar-refractivity contribution in [3.05, 3.63) is 17.5 Å². The Labute approximate surface area is 116 Å². The van der Waals surface area contributed by atoms with Crippen LogP contribution in [0.4, 0.5) is 0 Å². The molecule has 0 atom stereocenters. The molecule has 0 saturated heterocycles. The molecule has 1 aromatic rings. The lowest BCUT2D eigenvalue weighted by Crippen LogP contribution is -2.49. The first-order valence-corrected chi connectivity index (χ1v) is 7.64. The van der Waals surface area contributed by atoms with Gasteiger partial charge in [0.2, 0.25) is 0 Å². The number of aliphatic hydroxyl groups is 1. The number of aryl methyl sites for hydroxylation is 2. The van der Waals surface area contributed by atoms with Crippen molar-refractivity contribution in [1.82, 2.24) is 15.1 Å². The van der Waals surface area contributed by atoms with Crippen LogP contribution < -0.4 is 5.32 Å². The van der Waals surface area contributed by atoms with E-state index in [0.29, 0.717) is 0 Å². The molecular weight excluding hydrogens is 238 g/mol. The molecule has 4 nitrogen and oxygen atoms in total. The van der Waals surface area contributed by atoms with Gasteiger partial charge in [-0.1, -0.05) is 26.2 Å². The summed E-state index contributed by atoms with van der Waals surface area (Å²) in [5.41, 5.74) is 2.33. The predicted molar refractivity (Wildman–Crippen MR) is 77.0 cm³/mol. The van der Waals surface area contributed by atoms with E-state index in [4.69, 9.17) is 0 Å². The van der Waals surface area contributed by atoms with Crippen LogP contribution in [0.2, 0.25) is 0 Å². The van der Waals surface area contributed by atoms with Crippen molar-refractivity contribution in [2.45, 2.75) is 71.0 Å². The molecule has 0 bridgehead atoms. The fourth-order valence-electron chi connectivity index (χ4n) is 3.00. The third-order valence-corrected chi connectivity index (χ3v) is 4.33. The molecule has 1 fully saturated rings. The molecule has 108 valence electrons. The summed E-state index contributed by atoms with van der Waals surface area (Å²) in [4.78, 5) is 0. The van der Waals surface area contributed by atoms with Gasteiger partial charge in [0.15, 0.2) is 0 Å². The molecule has 1 aliphatic rings. The number of aromatic nitrogens is 2. The van der Waals surface area contributed by atoms with E-state index in [9.17, 15) is 5.11 Å². The Hall–Kier alpha value is -0.870. The van der Waals surface area contributed by atoms with Crippen LogP contribution >= 0.6 is 0 Å². The van der Waals surface area contributed by atoms with Gasteiger partial charge >= 0.3 is 0 Å². The molecule has 0 aliphatic heterocycles. The Kier molecular flexibility index (Phi) is 4.99. The van der Waals surface area contributed by atoms with E-state index in [-0.39, 0.29) is 12.1 Å². The first-order chi connectivity index (χ1) is 9.23. The number of nitrogens with one attached hydrogen (secondary N) is 1. The summed E-state index contributed by atoms with van der Waals surface area (Å²) in [5.74, 6) is 0. The summed E-state index contributed by atoms with van der Waals surface area (Å²) >= 11 is 0. The third-order valence-electron chi connectivity index (χ3n) is 4.33. The van der Waals surface area contributed by atoms with Crippen LogP contribution in [0.25, 0.3) is 0 Å². The van der Waals surface area contributed by atoms with E-state index in [2.05, 4.69) is 35.0 Å². The molecule has 0 amide bonds. The zero-order valence-corrected chi connectivity index (χ0v) is 12.3. The van der Waals surface area contributed by atoms with Gasteiger partial charge in [0.1, 0.15) is 0 Å². The SMILES string of the molecule is CCc1cc(CNC2(CO)CCCCC2)n(CC)n1. The van der Waals surface area contributed by atoms with Crippen molar-refractivity contribution in [3.63, 3.8) is 0 Å². The van der Waals surface area contributed by atoms with Gasteiger partial charge in [-0.05, 0) is 32.3 Å². The minimum Gasteiger partial charge on any atom is -0.394 e. The van der Waals surface area contributed by atoms with Gasteiger partial charge in [-0.15, -0.1) is 0 Å². The van der Waals surface area contributed by atoms with Crippen molar-refractivity contribution in [3.8, 4) is 0 Å². The van der Waals surface area contributed by atoms with E-state index in [1.54, 1.807) is 0 Å². The summed E-state index contributed by atoms with van der Waals surface area (Å²) in [6, 6.07) is 2.18. The smallest absolute Gasteiger partial charge is 0.0625 e. The number of aliphatic hydroxyl groups excluding tert-OH is 1. The second-order valence-electron chi connectivity index (χ2n) is 5.65. The van der Waals surface area contributed by atoms with Gasteiger partial charge in [-0.2, -0.15) is 5.10 Å². The highest BCUT2D eigenvalue weighted by molar-refractivity contribution is 5.11. The van der Waals surface area contributed by atoms with Gasteiger partial charge in [-0.3, -0.25) is 4.68 Å². The monoisotopic (exact) mass is 265 g/mol. The minimum absolute atomic E-state index is 0.0620. The van der Waals surface area contributed by atoms with Gasteiger partial charge in [-0.25, -0.2) is 0 Å². The van der Waals surface area contributed by atoms with Crippen LogP contribution in [0.3, 0.4) is 0 Å². The molecule has 4 heteroatoms. The van der Waals surface area contributed by atoms with E-state index in [1.807, 2.05) is 0 Å². The maximum absolute atomic E-state index is 9.71. The van der Waals surface area contributed by atoms with E-state index in [1.165, 1.54) is 25.0 Å². The largest absolute Gasteiger partial charge is 0.394 e. The maximum atomic E-state index is 9.71. The molecule has 1 aromatic heterocycles. The first kappa shape index (κ1) is 14.5. The fourth-order valence-corrected chi connectivity index (χ4v) is 3.00. The second kappa shape index (κ2) is 6.53. The number of rotatable bonds is 6. The molecule has 1 aliphatic carbocycles. The van der Waals surface area contributed by atoms with Gasteiger partial charge in [0, 0.05) is 18.6 Å². The van der Waals surface area contributed by atoms with Crippen LogP contribution in [0.1, 0.15) is 57.3 Å². The van der Waals surface area contributed by atoms with Crippen LogP contribution in [0.5, 0.6) is 0 Å². The molecule has 1 heterocycles. The Balaban J connectivity index is 2.02. The van der Waals surface area contributed by atoms with E-state index in [0.717, 1.165) is 38.0 Å². The van der Waals surface area contributed by atoms with Gasteiger partial charge in [0.25, 0.3) is 0 Å². The molecule has 1 saturated carbocycles. The third kappa shape index (κ3) is 3.37. The van der Waals surface area contributed by atoms with Crippen LogP contribution in [0.15, 0.2) is 6.07 Å². The Bertz CT molecular complexity index is 394. The highest BCUT2D eigenvalue weighted by Gasteiger charge is 2.30. The predicted octanol–water partition coefficient (Wildman–Crippen LogP) is 2.25. The molecule has 19 heavy (non-hydrogen) atoms. The van der Waals surface area contributed by atoms with E-state index < -0.39 is 0 Å². The standard InChI is InChI=1S/C15H27N3O/c1-3-13-10-14(18(4-2)17-13)11-16-15(12-19)8-6-5-7-9-15/h10,16,19H,3-9,11-12H2,1-2H3. The van der Waals surface area contributed by atoms with Crippen molar-refractivity contribution in [2.75, 3.05) is 6.61 Å². The molecule has 0 radical (unpaired) electrons. The second-order valence-corrected chi connectivity index (χ2v) is 5.65. The summed E-state index contributed by atoms with van der Waals surface area (Å²) in [6.07, 6.45) is 6.90. The zero-order chi connectivity index (χ0) is 13.7. The molecule has 2 N–H and O–H groups in total. The normalized spacial score (nSPS) is 18.7. The van der Waals surface area contributed by atoms with Crippen molar-refractivity contribution >= 4 is 0 Å². The highest BCUT2D eigenvalue weighted by atomic mass is 16.3. The lowest BCUT2D eigenvalue weighted by molar-refractivity contribution is 0.118. The maximum Gasteiger partial charge on any atom is 0.0625 e. The summed E-state index contributed by atoms with van der Waals surface area (Å²) in [5, 5.41) is 17.9. The average molecular weight is 265 g/mol. The highest BCUT2D eigenvalue weighted by Crippen LogP contribution is 2.28. The van der Waals surface area contributed by atoms with Crippen LogP contribution in [-0.2, 0) is 19.5 Å². The molecule has 0 unspecified atom stereocenters. The fraction of sp³-hybridized carbons (Fsp3) is 0.800.